The van der Waals surface area contributed by atoms with Gasteiger partial charge in [0.05, 0.1) is 32.1 Å². The number of ether oxygens (including phenoxy) is 2. The molecule has 1 atom stereocenters. The van der Waals surface area contributed by atoms with Gasteiger partial charge in [0.15, 0.2) is 5.82 Å². The Bertz CT molecular complexity index is 1360. The van der Waals surface area contributed by atoms with Crippen molar-refractivity contribution in [2.75, 3.05) is 63.0 Å². The number of aromatic nitrogens is 5. The van der Waals surface area contributed by atoms with E-state index in [9.17, 15) is 17.2 Å². The van der Waals surface area contributed by atoms with Gasteiger partial charge in [-0.2, -0.15) is 15.0 Å². The van der Waals surface area contributed by atoms with Crippen LogP contribution < -0.4 is 15.0 Å². The fourth-order valence-corrected chi connectivity index (χ4v) is 5.25. The number of hydrogen-bond donors (Lipinski definition) is 1. The van der Waals surface area contributed by atoms with Crippen molar-refractivity contribution in [1.29, 1.82) is 0 Å². The summed E-state index contributed by atoms with van der Waals surface area (Å²) in [6.45, 7) is 2.61. The minimum Gasteiger partial charge on any atom is -0.494 e. The summed E-state index contributed by atoms with van der Waals surface area (Å²) in [5, 5.41) is 3.17. The van der Waals surface area contributed by atoms with E-state index in [2.05, 4.69) is 25.3 Å². The maximum absolute atomic E-state index is 14.1. The highest BCUT2D eigenvalue weighted by molar-refractivity contribution is 7.88. The number of sulfonamides is 1. The number of anilines is 2. The number of morpholine rings is 1. The van der Waals surface area contributed by atoms with Crippen LogP contribution in [-0.4, -0.2) is 96.0 Å². The van der Waals surface area contributed by atoms with E-state index in [0.29, 0.717) is 56.5 Å². The third-order valence-corrected chi connectivity index (χ3v) is 7.42. The van der Waals surface area contributed by atoms with Crippen LogP contribution in [0.25, 0.3) is 17.0 Å². The average molecular weight is 525 g/mol. The lowest BCUT2D eigenvalue weighted by molar-refractivity contribution is 0.122. The molecule has 0 saturated carbocycles. The van der Waals surface area contributed by atoms with Crippen LogP contribution in [0.2, 0.25) is 0 Å². The summed E-state index contributed by atoms with van der Waals surface area (Å²) in [5.41, 5.74) is 0.622. The first kappa shape index (κ1) is 24.5. The van der Waals surface area contributed by atoms with Gasteiger partial charge in [0.25, 0.3) is 6.43 Å². The van der Waals surface area contributed by atoms with Crippen LogP contribution in [0.15, 0.2) is 18.2 Å². The summed E-state index contributed by atoms with van der Waals surface area (Å²) in [7, 11) is -1.89. The Balaban J connectivity index is 1.60. The van der Waals surface area contributed by atoms with Crippen LogP contribution in [0.3, 0.4) is 0 Å². The molecule has 2 aliphatic heterocycles. The second-order valence-electron chi connectivity index (χ2n) is 8.54. The molecule has 0 aliphatic carbocycles. The molecule has 12 nitrogen and oxygen atoms in total. The van der Waals surface area contributed by atoms with Crippen LogP contribution in [0, 0.1) is 0 Å². The Kier molecular flexibility index (Phi) is 6.61. The summed E-state index contributed by atoms with van der Waals surface area (Å²) in [5.74, 6) is 0.253. The predicted molar refractivity (Wildman–Crippen MR) is 127 cm³/mol. The van der Waals surface area contributed by atoms with Crippen LogP contribution in [0.1, 0.15) is 18.7 Å². The number of hydrogen-bond acceptors (Lipinski definition) is 10. The number of alkyl halides is 2. The zero-order valence-electron chi connectivity index (χ0n) is 19.8. The molecule has 3 aromatic rings. The Hall–Kier alpha value is -3.17. The van der Waals surface area contributed by atoms with E-state index in [1.54, 1.807) is 18.2 Å². The van der Waals surface area contributed by atoms with E-state index in [4.69, 9.17) is 9.47 Å². The number of halogens is 2. The highest BCUT2D eigenvalue weighted by atomic mass is 32.2. The van der Waals surface area contributed by atoms with Crippen LogP contribution in [-0.2, 0) is 14.8 Å². The number of fused-ring (bicyclic) bond motifs is 1. The fraction of sp³-hybridized carbons (Fsp3) is 0.524. The summed E-state index contributed by atoms with van der Waals surface area (Å²) < 4.78 is 65.4. The molecule has 4 heterocycles. The fourth-order valence-electron chi connectivity index (χ4n) is 4.37. The lowest BCUT2D eigenvalue weighted by Gasteiger charge is -2.27. The molecule has 0 unspecified atom stereocenters. The van der Waals surface area contributed by atoms with Crippen molar-refractivity contribution < 1.29 is 26.7 Å². The van der Waals surface area contributed by atoms with Crippen molar-refractivity contribution in [2.24, 2.45) is 0 Å². The monoisotopic (exact) mass is 524 g/mol. The molecule has 1 N–H and O–H groups in total. The number of imidazole rings is 1. The lowest BCUT2D eigenvalue weighted by Crippen LogP contribution is -2.38. The number of rotatable bonds is 7. The molecular weight excluding hydrogens is 498 g/mol. The normalized spacial score (nSPS) is 19.4. The molecule has 2 aromatic heterocycles. The third kappa shape index (κ3) is 4.77. The lowest BCUT2D eigenvalue weighted by atomic mass is 10.3. The summed E-state index contributed by atoms with van der Waals surface area (Å²) in [6, 6.07) is 4.71. The van der Waals surface area contributed by atoms with Crippen molar-refractivity contribution in [2.45, 2.75) is 18.9 Å². The zero-order valence-corrected chi connectivity index (χ0v) is 20.6. The molecule has 2 aliphatic rings. The second-order valence-corrected chi connectivity index (χ2v) is 10.5. The van der Waals surface area contributed by atoms with E-state index in [1.165, 1.54) is 16.0 Å². The number of methoxy groups -OCH3 is 1. The smallest absolute Gasteiger partial charge is 0.296 e. The molecule has 0 radical (unpaired) electrons. The van der Waals surface area contributed by atoms with Crippen LogP contribution >= 0.6 is 0 Å². The molecule has 0 amide bonds. The Morgan fingerprint density at radius 3 is 2.53 bits per heavy atom. The molecule has 2 fully saturated rings. The molecule has 15 heteroatoms. The summed E-state index contributed by atoms with van der Waals surface area (Å²) in [4.78, 5) is 19.5. The molecule has 1 aromatic carbocycles. The van der Waals surface area contributed by atoms with Gasteiger partial charge >= 0.3 is 0 Å². The first-order chi connectivity index (χ1) is 17.2. The number of para-hydroxylation sites is 1. The number of nitrogens with one attached hydrogen (secondary N) is 1. The summed E-state index contributed by atoms with van der Waals surface area (Å²) in [6.07, 6.45) is -1.19. The van der Waals surface area contributed by atoms with Gasteiger partial charge in [0, 0.05) is 32.2 Å². The SMILES string of the molecule is COc1cccc2c1nc(C(F)F)n2-c1nc(N[C@@H]2CCN(S(C)(=O)=O)C2)nc(N2CCOCC2)n1. The maximum Gasteiger partial charge on any atom is 0.296 e. The molecule has 2 saturated heterocycles. The van der Waals surface area contributed by atoms with Crippen molar-refractivity contribution >= 4 is 33.0 Å². The third-order valence-electron chi connectivity index (χ3n) is 6.15. The molecule has 0 spiro atoms. The molecule has 0 bridgehead atoms. The largest absolute Gasteiger partial charge is 0.494 e. The van der Waals surface area contributed by atoms with Gasteiger partial charge in [-0.3, -0.25) is 4.57 Å². The Morgan fingerprint density at radius 1 is 1.11 bits per heavy atom. The van der Waals surface area contributed by atoms with Gasteiger partial charge in [-0.15, -0.1) is 0 Å². The first-order valence-electron chi connectivity index (χ1n) is 11.4. The molecule has 194 valence electrons. The van der Waals surface area contributed by atoms with Gasteiger partial charge in [-0.25, -0.2) is 26.5 Å². The minimum absolute atomic E-state index is 0.0296. The van der Waals surface area contributed by atoms with E-state index >= 15 is 0 Å². The van der Waals surface area contributed by atoms with Crippen molar-refractivity contribution in [3.8, 4) is 11.7 Å². The maximum atomic E-state index is 14.1. The predicted octanol–water partition coefficient (Wildman–Crippen LogP) is 1.44. The van der Waals surface area contributed by atoms with Gasteiger partial charge in [-0.05, 0) is 18.6 Å². The number of benzene rings is 1. The number of nitrogens with zero attached hydrogens (tertiary/aromatic N) is 7. The van der Waals surface area contributed by atoms with E-state index < -0.39 is 22.3 Å². The Morgan fingerprint density at radius 2 is 1.86 bits per heavy atom. The standard InChI is InChI=1S/C21H26F2N8O4S/c1-34-15-5-3-4-14-16(15)25-18(17(22)23)31(14)21-27-19(24-13-6-7-30(12-13)36(2,32)33)26-20(28-21)29-8-10-35-11-9-29/h3-5,13,17H,6-12H2,1-2H3,(H,24,26,27,28)/t13-/m1/s1. The highest BCUT2D eigenvalue weighted by Crippen LogP contribution is 2.32. The topological polar surface area (TPSA) is 128 Å². The quantitative estimate of drug-likeness (QED) is 0.485. The van der Waals surface area contributed by atoms with Gasteiger partial charge in [-0.1, -0.05) is 6.07 Å². The van der Waals surface area contributed by atoms with Gasteiger partial charge in [0.1, 0.15) is 11.3 Å². The van der Waals surface area contributed by atoms with Crippen molar-refractivity contribution in [1.82, 2.24) is 28.8 Å². The van der Waals surface area contributed by atoms with Gasteiger partial charge < -0.3 is 19.7 Å². The first-order valence-corrected chi connectivity index (χ1v) is 13.2. The molecule has 5 rings (SSSR count). The molecule has 36 heavy (non-hydrogen) atoms. The van der Waals surface area contributed by atoms with E-state index in [-0.39, 0.29) is 30.0 Å². The highest BCUT2D eigenvalue weighted by Gasteiger charge is 2.30. The van der Waals surface area contributed by atoms with E-state index in [1.807, 2.05) is 4.90 Å². The van der Waals surface area contributed by atoms with Crippen molar-refractivity contribution in [3.63, 3.8) is 0 Å². The van der Waals surface area contributed by atoms with Gasteiger partial charge in [0.2, 0.25) is 27.9 Å². The minimum atomic E-state index is -3.33. The summed E-state index contributed by atoms with van der Waals surface area (Å²) >= 11 is 0. The second kappa shape index (κ2) is 9.71. The van der Waals surface area contributed by atoms with Crippen molar-refractivity contribution in [3.05, 3.63) is 24.0 Å². The average Bonchev–Trinajstić information content (AvgIpc) is 3.49. The molecular formula is C21H26F2N8O4S. The van der Waals surface area contributed by atoms with Crippen LogP contribution in [0.4, 0.5) is 20.7 Å². The van der Waals surface area contributed by atoms with Crippen LogP contribution in [0.5, 0.6) is 5.75 Å². The Labute approximate surface area is 206 Å². The van der Waals surface area contributed by atoms with E-state index in [0.717, 1.165) is 6.26 Å². The zero-order chi connectivity index (χ0) is 25.4.